The summed E-state index contributed by atoms with van der Waals surface area (Å²) in [6.45, 7) is 0.105. The van der Waals surface area contributed by atoms with Gasteiger partial charge in [0.25, 0.3) is 0 Å². The van der Waals surface area contributed by atoms with Crippen molar-refractivity contribution in [3.8, 4) is 0 Å². The van der Waals surface area contributed by atoms with E-state index in [-0.39, 0.29) is 19.0 Å². The highest BCUT2D eigenvalue weighted by atomic mass is 32.2. The van der Waals surface area contributed by atoms with E-state index in [0.717, 1.165) is 5.56 Å². The third-order valence-electron chi connectivity index (χ3n) is 3.92. The molecule has 25 heavy (non-hydrogen) atoms. The molecule has 2 aromatic carbocycles. The van der Waals surface area contributed by atoms with Crippen molar-refractivity contribution in [3.63, 3.8) is 0 Å². The van der Waals surface area contributed by atoms with Crippen LogP contribution in [0.5, 0.6) is 0 Å². The minimum atomic E-state index is -0.714. The Labute approximate surface area is 150 Å². The second-order valence-corrected chi connectivity index (χ2v) is 6.55. The highest BCUT2D eigenvalue weighted by Gasteiger charge is 2.16. The number of imidazole rings is 1. The number of benzene rings is 2. The van der Waals surface area contributed by atoms with E-state index in [9.17, 15) is 14.6 Å². The summed E-state index contributed by atoms with van der Waals surface area (Å²) in [6.07, 6.45) is 0.870. The van der Waals surface area contributed by atoms with Crippen LogP contribution in [-0.2, 0) is 18.9 Å². The molecule has 0 fully saturated rings. The van der Waals surface area contributed by atoms with Gasteiger partial charge >= 0.3 is 0 Å². The van der Waals surface area contributed by atoms with Crippen LogP contribution in [0.4, 0.5) is 4.39 Å². The van der Waals surface area contributed by atoms with Gasteiger partial charge in [-0.25, -0.2) is 9.37 Å². The standard InChI is InChI=1S/C19H19FN2O2S/c20-17-9-5-4-8-15(17)13-25-19-21-10-16(12-23)22(19)11-18(24)14-6-2-1-3-7-14/h1-10,18,23-24H,11-13H2/t18-/m1/s1. The summed E-state index contributed by atoms with van der Waals surface area (Å²) in [5.41, 5.74) is 2.01. The Hall–Kier alpha value is -2.15. The average molecular weight is 358 g/mol. The largest absolute Gasteiger partial charge is 0.390 e. The molecule has 0 aliphatic rings. The molecule has 0 radical (unpaired) electrons. The van der Waals surface area contributed by atoms with Gasteiger partial charge in [-0.2, -0.15) is 0 Å². The van der Waals surface area contributed by atoms with Crippen LogP contribution in [0.15, 0.2) is 66.0 Å². The zero-order chi connectivity index (χ0) is 17.6. The maximum Gasteiger partial charge on any atom is 0.168 e. The van der Waals surface area contributed by atoms with Gasteiger partial charge in [0.2, 0.25) is 0 Å². The summed E-state index contributed by atoms with van der Waals surface area (Å²) in [6, 6.07) is 16.0. The predicted molar refractivity (Wildman–Crippen MR) is 95.5 cm³/mol. The maximum atomic E-state index is 13.8. The molecule has 1 atom stereocenters. The molecule has 130 valence electrons. The summed E-state index contributed by atoms with van der Waals surface area (Å²) in [4.78, 5) is 4.31. The molecule has 0 aliphatic carbocycles. The molecule has 0 amide bonds. The zero-order valence-corrected chi connectivity index (χ0v) is 14.4. The van der Waals surface area contributed by atoms with E-state index in [0.29, 0.717) is 22.2 Å². The number of aromatic nitrogens is 2. The summed E-state index contributed by atoms with van der Waals surface area (Å²) in [5, 5.41) is 20.6. The number of nitrogens with zero attached hydrogens (tertiary/aromatic N) is 2. The number of hydrogen-bond acceptors (Lipinski definition) is 4. The lowest BCUT2D eigenvalue weighted by atomic mass is 10.1. The third-order valence-corrected chi connectivity index (χ3v) is 4.96. The SMILES string of the molecule is OCc1cnc(SCc2ccccc2F)n1C[C@@H](O)c1ccccc1. The Balaban J connectivity index is 1.77. The highest BCUT2D eigenvalue weighted by Crippen LogP contribution is 2.26. The average Bonchev–Trinajstić information content (AvgIpc) is 3.03. The van der Waals surface area contributed by atoms with Crippen molar-refractivity contribution in [1.29, 1.82) is 0 Å². The lowest BCUT2D eigenvalue weighted by molar-refractivity contribution is 0.148. The molecule has 2 N–H and O–H groups in total. The van der Waals surface area contributed by atoms with E-state index >= 15 is 0 Å². The molecular formula is C19H19FN2O2S. The minimum absolute atomic E-state index is 0.172. The molecule has 4 nitrogen and oxygen atoms in total. The van der Waals surface area contributed by atoms with Crippen LogP contribution >= 0.6 is 11.8 Å². The van der Waals surface area contributed by atoms with Crippen molar-refractivity contribution < 1.29 is 14.6 Å². The van der Waals surface area contributed by atoms with Gasteiger partial charge in [0.05, 0.1) is 31.1 Å². The monoisotopic (exact) mass is 358 g/mol. The number of rotatable bonds is 7. The number of aliphatic hydroxyl groups excluding tert-OH is 2. The Morgan fingerprint density at radius 1 is 1.08 bits per heavy atom. The van der Waals surface area contributed by atoms with Gasteiger partial charge in [0.15, 0.2) is 5.16 Å². The molecular weight excluding hydrogens is 339 g/mol. The van der Waals surface area contributed by atoms with Crippen molar-refractivity contribution >= 4 is 11.8 Å². The summed E-state index contributed by atoms with van der Waals surface area (Å²) in [5.74, 6) is 0.176. The van der Waals surface area contributed by atoms with Crippen molar-refractivity contribution in [2.45, 2.75) is 30.2 Å². The van der Waals surface area contributed by atoms with E-state index in [1.54, 1.807) is 29.0 Å². The minimum Gasteiger partial charge on any atom is -0.390 e. The molecule has 6 heteroatoms. The first-order chi connectivity index (χ1) is 12.2. The fourth-order valence-corrected chi connectivity index (χ4v) is 3.53. The van der Waals surface area contributed by atoms with E-state index in [1.165, 1.54) is 17.8 Å². The molecule has 1 heterocycles. The molecule has 1 aromatic heterocycles. The van der Waals surface area contributed by atoms with Crippen LogP contribution in [-0.4, -0.2) is 19.8 Å². The Morgan fingerprint density at radius 2 is 1.80 bits per heavy atom. The lowest BCUT2D eigenvalue weighted by Crippen LogP contribution is -2.12. The summed E-state index contributed by atoms with van der Waals surface area (Å²) in [7, 11) is 0. The van der Waals surface area contributed by atoms with Crippen LogP contribution < -0.4 is 0 Å². The van der Waals surface area contributed by atoms with Crippen molar-refractivity contribution in [2.75, 3.05) is 0 Å². The van der Waals surface area contributed by atoms with Gasteiger partial charge in [0.1, 0.15) is 5.82 Å². The van der Waals surface area contributed by atoms with Gasteiger partial charge < -0.3 is 14.8 Å². The Kier molecular flexibility index (Phi) is 5.86. The van der Waals surface area contributed by atoms with Crippen LogP contribution in [0.1, 0.15) is 22.9 Å². The lowest BCUT2D eigenvalue weighted by Gasteiger charge is -2.16. The fourth-order valence-electron chi connectivity index (χ4n) is 2.54. The molecule has 0 aliphatic heterocycles. The van der Waals surface area contributed by atoms with Gasteiger partial charge in [-0.3, -0.25) is 0 Å². The number of hydrogen-bond donors (Lipinski definition) is 2. The Morgan fingerprint density at radius 3 is 2.52 bits per heavy atom. The van der Waals surface area contributed by atoms with E-state index in [1.807, 2.05) is 30.3 Å². The molecule has 3 aromatic rings. The highest BCUT2D eigenvalue weighted by molar-refractivity contribution is 7.98. The first-order valence-electron chi connectivity index (χ1n) is 7.93. The normalized spacial score (nSPS) is 12.3. The van der Waals surface area contributed by atoms with Gasteiger partial charge in [-0.05, 0) is 17.2 Å². The second kappa shape index (κ2) is 8.29. The molecule has 0 saturated carbocycles. The fraction of sp³-hybridized carbons (Fsp3) is 0.211. The topological polar surface area (TPSA) is 58.3 Å². The van der Waals surface area contributed by atoms with Crippen molar-refractivity contribution in [2.24, 2.45) is 0 Å². The quantitative estimate of drug-likeness (QED) is 0.634. The molecule has 0 saturated heterocycles. The summed E-state index contributed by atoms with van der Waals surface area (Å²) >= 11 is 1.38. The predicted octanol–water partition coefficient (Wildman–Crippen LogP) is 3.54. The van der Waals surface area contributed by atoms with Gasteiger partial charge in [-0.15, -0.1) is 0 Å². The van der Waals surface area contributed by atoms with Crippen molar-refractivity contribution in [3.05, 3.63) is 83.4 Å². The first-order valence-corrected chi connectivity index (χ1v) is 8.92. The van der Waals surface area contributed by atoms with E-state index in [4.69, 9.17) is 0 Å². The van der Waals surface area contributed by atoms with Crippen LogP contribution in [0.25, 0.3) is 0 Å². The van der Waals surface area contributed by atoms with E-state index < -0.39 is 6.10 Å². The van der Waals surface area contributed by atoms with Crippen molar-refractivity contribution in [1.82, 2.24) is 9.55 Å². The molecule has 0 spiro atoms. The maximum absolute atomic E-state index is 13.8. The molecule has 0 unspecified atom stereocenters. The number of thioether (sulfide) groups is 1. The van der Waals surface area contributed by atoms with Crippen LogP contribution in [0.3, 0.4) is 0 Å². The second-order valence-electron chi connectivity index (χ2n) is 5.61. The number of halogens is 1. The molecule has 0 bridgehead atoms. The molecule has 3 rings (SSSR count). The van der Waals surface area contributed by atoms with Gasteiger partial charge in [-0.1, -0.05) is 60.3 Å². The summed E-state index contributed by atoms with van der Waals surface area (Å²) < 4.78 is 15.6. The Bertz CT molecular complexity index is 823. The van der Waals surface area contributed by atoms with E-state index in [2.05, 4.69) is 4.98 Å². The van der Waals surface area contributed by atoms with Gasteiger partial charge in [0, 0.05) is 5.75 Å². The first kappa shape index (κ1) is 17.7. The number of aliphatic hydroxyl groups is 2. The third kappa shape index (κ3) is 4.28. The smallest absolute Gasteiger partial charge is 0.168 e. The van der Waals surface area contributed by atoms with Crippen LogP contribution in [0.2, 0.25) is 0 Å². The zero-order valence-electron chi connectivity index (χ0n) is 13.5. The van der Waals surface area contributed by atoms with Crippen LogP contribution in [0, 0.1) is 5.82 Å².